The third kappa shape index (κ3) is 2.39. The van der Waals surface area contributed by atoms with Gasteiger partial charge >= 0.3 is 0 Å². The minimum absolute atomic E-state index is 0.233. The summed E-state index contributed by atoms with van der Waals surface area (Å²) >= 11 is 5.50. The van der Waals surface area contributed by atoms with E-state index in [0.717, 1.165) is 11.0 Å². The normalized spacial score (nSPS) is 21.2. The van der Waals surface area contributed by atoms with Gasteiger partial charge < -0.3 is 5.32 Å². The molecular formula is C16H18BrNS. The first-order valence-electron chi connectivity index (χ1n) is 6.61. The maximum atomic E-state index is 3.60. The van der Waals surface area contributed by atoms with Crippen LogP contribution in [-0.4, -0.2) is 6.54 Å². The largest absolute Gasteiger partial charge is 0.309 e. The van der Waals surface area contributed by atoms with Crippen molar-refractivity contribution < 1.29 is 0 Å². The molecule has 2 heterocycles. The molecule has 1 aliphatic rings. The molecular weight excluding hydrogens is 318 g/mol. The second-order valence-electron chi connectivity index (χ2n) is 5.89. The highest BCUT2D eigenvalue weighted by molar-refractivity contribution is 9.10. The van der Waals surface area contributed by atoms with Crippen LogP contribution >= 0.6 is 27.3 Å². The minimum Gasteiger partial charge on any atom is -0.309 e. The van der Waals surface area contributed by atoms with Gasteiger partial charge in [0, 0.05) is 32.2 Å². The molecule has 1 aromatic carbocycles. The fourth-order valence-corrected chi connectivity index (χ4v) is 4.39. The maximum Gasteiger partial charge on any atom is 0.0349 e. The maximum absolute atomic E-state index is 3.60. The molecule has 1 unspecified atom stereocenters. The molecule has 3 heteroatoms. The van der Waals surface area contributed by atoms with Gasteiger partial charge in [-0.3, -0.25) is 0 Å². The van der Waals surface area contributed by atoms with Gasteiger partial charge in [-0.2, -0.15) is 0 Å². The van der Waals surface area contributed by atoms with Crippen LogP contribution in [0.15, 0.2) is 34.8 Å². The summed E-state index contributed by atoms with van der Waals surface area (Å²) < 4.78 is 1.14. The van der Waals surface area contributed by atoms with E-state index >= 15 is 0 Å². The average molecular weight is 336 g/mol. The summed E-state index contributed by atoms with van der Waals surface area (Å²) in [5.74, 6) is 0. The highest BCUT2D eigenvalue weighted by Gasteiger charge is 2.32. The molecule has 2 aromatic rings. The number of thiophene rings is 1. The van der Waals surface area contributed by atoms with Crippen molar-refractivity contribution in [3.05, 3.63) is 45.2 Å². The highest BCUT2D eigenvalue weighted by Crippen LogP contribution is 2.43. The minimum atomic E-state index is 0.233. The predicted molar refractivity (Wildman–Crippen MR) is 86.9 cm³/mol. The Bertz CT molecular complexity index is 615. The van der Waals surface area contributed by atoms with Gasteiger partial charge in [-0.15, -0.1) is 11.3 Å². The molecule has 1 atom stereocenters. The van der Waals surface area contributed by atoms with Gasteiger partial charge in [0.05, 0.1) is 0 Å². The Morgan fingerprint density at radius 2 is 2.11 bits per heavy atom. The van der Waals surface area contributed by atoms with Crippen LogP contribution in [0.3, 0.4) is 0 Å². The molecule has 1 aliphatic heterocycles. The summed E-state index contributed by atoms with van der Waals surface area (Å²) in [5.41, 5.74) is 3.00. The summed E-state index contributed by atoms with van der Waals surface area (Å²) in [5, 5.41) is 3.60. The van der Waals surface area contributed by atoms with Gasteiger partial charge in [0.25, 0.3) is 0 Å². The van der Waals surface area contributed by atoms with Crippen LogP contribution in [-0.2, 0) is 5.41 Å². The Labute approximate surface area is 127 Å². The van der Waals surface area contributed by atoms with Gasteiger partial charge in [-0.1, -0.05) is 41.9 Å². The van der Waals surface area contributed by atoms with Gasteiger partial charge in [0.1, 0.15) is 0 Å². The molecule has 0 saturated carbocycles. The molecule has 0 aliphatic carbocycles. The fraction of sp³-hybridized carbons (Fsp3) is 0.375. The van der Waals surface area contributed by atoms with Crippen molar-refractivity contribution in [2.24, 2.45) is 0 Å². The molecule has 0 spiro atoms. The Morgan fingerprint density at radius 1 is 1.32 bits per heavy atom. The van der Waals surface area contributed by atoms with Crippen LogP contribution in [0.2, 0.25) is 0 Å². The Hall–Kier alpha value is -0.640. The lowest BCUT2D eigenvalue weighted by Gasteiger charge is -2.33. The molecule has 0 bridgehead atoms. The zero-order valence-corrected chi connectivity index (χ0v) is 13.9. The second-order valence-corrected chi connectivity index (χ2v) is 7.86. The summed E-state index contributed by atoms with van der Waals surface area (Å²) in [7, 11) is 0. The Morgan fingerprint density at radius 3 is 2.79 bits per heavy atom. The van der Waals surface area contributed by atoms with E-state index in [0.29, 0.717) is 6.04 Å². The van der Waals surface area contributed by atoms with E-state index in [1.54, 1.807) is 0 Å². The van der Waals surface area contributed by atoms with Crippen LogP contribution in [0.4, 0.5) is 0 Å². The molecule has 100 valence electrons. The van der Waals surface area contributed by atoms with Gasteiger partial charge in [-0.05, 0) is 36.2 Å². The molecule has 1 nitrogen and oxygen atoms in total. The van der Waals surface area contributed by atoms with E-state index in [4.69, 9.17) is 0 Å². The number of benzene rings is 1. The van der Waals surface area contributed by atoms with Crippen molar-refractivity contribution in [1.82, 2.24) is 5.32 Å². The first-order valence-corrected chi connectivity index (χ1v) is 8.22. The van der Waals surface area contributed by atoms with Crippen LogP contribution in [0.5, 0.6) is 0 Å². The number of hydrogen-bond acceptors (Lipinski definition) is 2. The average Bonchev–Trinajstić information content (AvgIpc) is 2.81. The van der Waals surface area contributed by atoms with E-state index in [2.05, 4.69) is 72.3 Å². The Kier molecular flexibility index (Phi) is 3.32. The zero-order valence-electron chi connectivity index (χ0n) is 11.5. The third-order valence-corrected chi connectivity index (χ3v) is 5.86. The lowest BCUT2D eigenvalue weighted by atomic mass is 9.83. The number of halogens is 1. The van der Waals surface area contributed by atoms with Crippen molar-refractivity contribution in [2.45, 2.75) is 32.2 Å². The molecule has 0 radical (unpaired) electrons. The lowest BCUT2D eigenvalue weighted by molar-refractivity contribution is 0.404. The first kappa shape index (κ1) is 13.3. The first-order chi connectivity index (χ1) is 8.97. The van der Waals surface area contributed by atoms with E-state index in [1.165, 1.54) is 20.9 Å². The van der Waals surface area contributed by atoms with Crippen molar-refractivity contribution in [1.29, 1.82) is 0 Å². The predicted octanol–water partition coefficient (Wildman–Crippen LogP) is 5.12. The Balaban J connectivity index is 2.11. The topological polar surface area (TPSA) is 12.0 Å². The van der Waals surface area contributed by atoms with Gasteiger partial charge in [0.15, 0.2) is 0 Å². The molecule has 3 rings (SSSR count). The van der Waals surface area contributed by atoms with Crippen LogP contribution in [0.1, 0.15) is 37.3 Å². The number of nitrogens with one attached hydrogen (secondary N) is 1. The quantitative estimate of drug-likeness (QED) is 0.762. The lowest BCUT2D eigenvalue weighted by Crippen LogP contribution is -2.39. The van der Waals surface area contributed by atoms with Crippen molar-refractivity contribution in [2.75, 3.05) is 6.54 Å². The standard InChI is InChI=1S/C16H18BrNS/c1-10-13-8-14(11-5-4-6-12(17)7-11)19-15(13)16(2,3)9-18-10/h4-8,10,18H,9H2,1-3H3. The molecule has 0 saturated heterocycles. The number of hydrogen-bond donors (Lipinski definition) is 1. The van der Waals surface area contributed by atoms with E-state index in [9.17, 15) is 0 Å². The molecule has 1 N–H and O–H groups in total. The van der Waals surface area contributed by atoms with Crippen LogP contribution < -0.4 is 5.32 Å². The smallest absolute Gasteiger partial charge is 0.0349 e. The van der Waals surface area contributed by atoms with Crippen molar-refractivity contribution in [3.8, 4) is 10.4 Å². The van der Waals surface area contributed by atoms with E-state index in [-0.39, 0.29) is 5.41 Å². The van der Waals surface area contributed by atoms with Gasteiger partial charge in [0.2, 0.25) is 0 Å². The summed E-state index contributed by atoms with van der Waals surface area (Å²) in [6.45, 7) is 7.96. The zero-order chi connectivity index (χ0) is 13.6. The van der Waals surface area contributed by atoms with E-state index in [1.807, 2.05) is 11.3 Å². The number of fused-ring (bicyclic) bond motifs is 1. The summed E-state index contributed by atoms with van der Waals surface area (Å²) in [6.07, 6.45) is 0. The summed E-state index contributed by atoms with van der Waals surface area (Å²) in [4.78, 5) is 2.91. The fourth-order valence-electron chi connectivity index (χ4n) is 2.64. The molecule has 19 heavy (non-hydrogen) atoms. The monoisotopic (exact) mass is 335 g/mol. The van der Waals surface area contributed by atoms with E-state index < -0.39 is 0 Å². The van der Waals surface area contributed by atoms with Crippen molar-refractivity contribution in [3.63, 3.8) is 0 Å². The van der Waals surface area contributed by atoms with Gasteiger partial charge in [-0.25, -0.2) is 0 Å². The summed E-state index contributed by atoms with van der Waals surface area (Å²) in [6, 6.07) is 11.4. The molecule has 1 aromatic heterocycles. The third-order valence-electron chi connectivity index (χ3n) is 3.80. The molecule has 0 fully saturated rings. The number of rotatable bonds is 1. The van der Waals surface area contributed by atoms with Crippen molar-refractivity contribution >= 4 is 27.3 Å². The highest BCUT2D eigenvalue weighted by atomic mass is 79.9. The molecule has 0 amide bonds. The van der Waals surface area contributed by atoms with Crippen LogP contribution in [0.25, 0.3) is 10.4 Å². The second kappa shape index (κ2) is 4.72. The SMILES string of the molecule is CC1NCC(C)(C)c2sc(-c3cccc(Br)c3)cc21. The van der Waals surface area contributed by atoms with Crippen LogP contribution in [0, 0.1) is 0 Å².